The first-order valence-electron chi connectivity index (χ1n) is 6.98. The van der Waals surface area contributed by atoms with E-state index in [0.29, 0.717) is 11.8 Å². The molecule has 17 heavy (non-hydrogen) atoms. The molecule has 3 heteroatoms. The Hall–Kier alpha value is -0.830. The Morgan fingerprint density at radius 1 is 1.35 bits per heavy atom. The summed E-state index contributed by atoms with van der Waals surface area (Å²) in [5.74, 6) is 1.36. The maximum absolute atomic E-state index is 5.75. The number of rotatable bonds is 5. The number of H-pyrrole nitrogens is 1. The molecule has 0 spiro atoms. The molecule has 1 heterocycles. The molecule has 0 unspecified atom stereocenters. The first-order chi connectivity index (χ1) is 8.22. The average molecular weight is 235 g/mol. The van der Waals surface area contributed by atoms with Crippen LogP contribution < -0.4 is 5.73 Å². The fraction of sp³-hybridized carbons (Fsp3) is 0.786. The summed E-state index contributed by atoms with van der Waals surface area (Å²) in [6.07, 6.45) is 7.41. The highest BCUT2D eigenvalue weighted by molar-refractivity contribution is 5.29. The molecular weight excluding hydrogens is 210 g/mol. The van der Waals surface area contributed by atoms with E-state index in [1.54, 1.807) is 0 Å². The van der Waals surface area contributed by atoms with Gasteiger partial charge in [-0.05, 0) is 43.7 Å². The van der Waals surface area contributed by atoms with Crippen LogP contribution in [0.4, 0.5) is 0 Å². The first-order valence-corrected chi connectivity index (χ1v) is 6.98. The van der Waals surface area contributed by atoms with Crippen LogP contribution in [0.3, 0.4) is 0 Å². The van der Waals surface area contributed by atoms with Gasteiger partial charge in [-0.25, -0.2) is 0 Å². The zero-order chi connectivity index (χ0) is 12.3. The Morgan fingerprint density at radius 2 is 2.06 bits per heavy atom. The van der Waals surface area contributed by atoms with Crippen molar-refractivity contribution in [1.29, 1.82) is 0 Å². The second-order valence-electron chi connectivity index (χ2n) is 5.68. The van der Waals surface area contributed by atoms with Crippen molar-refractivity contribution < 1.29 is 0 Å². The van der Waals surface area contributed by atoms with Crippen LogP contribution in [0.5, 0.6) is 0 Å². The Balaban J connectivity index is 2.21. The molecule has 0 amide bonds. The van der Waals surface area contributed by atoms with Gasteiger partial charge in [0.1, 0.15) is 0 Å². The van der Waals surface area contributed by atoms with E-state index in [4.69, 9.17) is 5.73 Å². The molecule has 1 aromatic heterocycles. The predicted molar refractivity (Wildman–Crippen MR) is 71.1 cm³/mol. The van der Waals surface area contributed by atoms with Gasteiger partial charge in [-0.1, -0.05) is 26.7 Å². The summed E-state index contributed by atoms with van der Waals surface area (Å²) in [5.41, 5.74) is 9.82. The molecule has 0 bridgehead atoms. The van der Waals surface area contributed by atoms with Gasteiger partial charge < -0.3 is 5.73 Å². The Bertz CT molecular complexity index is 348. The molecule has 3 nitrogen and oxygen atoms in total. The van der Waals surface area contributed by atoms with E-state index in [0.717, 1.165) is 19.4 Å². The molecule has 1 aromatic rings. The van der Waals surface area contributed by atoms with Crippen molar-refractivity contribution in [2.45, 2.75) is 58.3 Å². The number of hydrogen-bond donors (Lipinski definition) is 2. The van der Waals surface area contributed by atoms with Crippen molar-refractivity contribution >= 4 is 0 Å². The minimum atomic E-state index is 0.670. The van der Waals surface area contributed by atoms with E-state index >= 15 is 0 Å². The van der Waals surface area contributed by atoms with Crippen molar-refractivity contribution in [2.75, 3.05) is 6.54 Å². The summed E-state index contributed by atoms with van der Waals surface area (Å²) in [6, 6.07) is 0. The summed E-state index contributed by atoms with van der Waals surface area (Å²) >= 11 is 0. The highest BCUT2D eigenvalue weighted by atomic mass is 15.1. The molecule has 0 aliphatic heterocycles. The highest BCUT2D eigenvalue weighted by Gasteiger charge is 2.24. The standard InChI is InChI=1S/C14H25N3/c1-10(2)9-13-12(7-8-15)14(17-16-13)11-5-3-4-6-11/h10-11H,3-9,15H2,1-2H3,(H,16,17). The van der Waals surface area contributed by atoms with E-state index in [9.17, 15) is 0 Å². The van der Waals surface area contributed by atoms with E-state index in [-0.39, 0.29) is 0 Å². The summed E-state index contributed by atoms with van der Waals surface area (Å²) in [6.45, 7) is 5.23. The van der Waals surface area contributed by atoms with Gasteiger partial charge in [-0.2, -0.15) is 5.10 Å². The lowest BCUT2D eigenvalue weighted by Gasteiger charge is -2.10. The number of nitrogens with zero attached hydrogens (tertiary/aromatic N) is 1. The van der Waals surface area contributed by atoms with Gasteiger partial charge in [0.2, 0.25) is 0 Å². The largest absolute Gasteiger partial charge is 0.330 e. The van der Waals surface area contributed by atoms with Crippen LogP contribution in [0.25, 0.3) is 0 Å². The van der Waals surface area contributed by atoms with Gasteiger partial charge in [-0.3, -0.25) is 5.10 Å². The van der Waals surface area contributed by atoms with Crippen LogP contribution in [-0.4, -0.2) is 16.7 Å². The van der Waals surface area contributed by atoms with Crippen molar-refractivity contribution in [1.82, 2.24) is 10.2 Å². The monoisotopic (exact) mass is 235 g/mol. The summed E-state index contributed by atoms with van der Waals surface area (Å²) in [4.78, 5) is 0. The van der Waals surface area contributed by atoms with Gasteiger partial charge in [0.25, 0.3) is 0 Å². The SMILES string of the molecule is CC(C)Cc1[nH]nc(C2CCCC2)c1CCN. The van der Waals surface area contributed by atoms with Crippen LogP contribution >= 0.6 is 0 Å². The van der Waals surface area contributed by atoms with Crippen molar-refractivity contribution in [3.05, 3.63) is 17.0 Å². The van der Waals surface area contributed by atoms with E-state index in [2.05, 4.69) is 24.0 Å². The normalized spacial score (nSPS) is 17.2. The summed E-state index contributed by atoms with van der Waals surface area (Å²) in [5, 5.41) is 7.85. The second-order valence-corrected chi connectivity index (χ2v) is 5.68. The zero-order valence-corrected chi connectivity index (χ0v) is 11.1. The molecular formula is C14H25N3. The molecule has 0 atom stereocenters. The molecule has 96 valence electrons. The zero-order valence-electron chi connectivity index (χ0n) is 11.1. The van der Waals surface area contributed by atoms with Crippen LogP contribution in [0.2, 0.25) is 0 Å². The topological polar surface area (TPSA) is 54.7 Å². The van der Waals surface area contributed by atoms with Crippen molar-refractivity contribution in [3.63, 3.8) is 0 Å². The molecule has 0 aromatic carbocycles. The highest BCUT2D eigenvalue weighted by Crippen LogP contribution is 2.35. The van der Waals surface area contributed by atoms with Crippen molar-refractivity contribution in [3.8, 4) is 0 Å². The number of nitrogens with two attached hydrogens (primary N) is 1. The predicted octanol–water partition coefficient (Wildman–Crippen LogP) is 2.77. The van der Waals surface area contributed by atoms with Gasteiger partial charge >= 0.3 is 0 Å². The van der Waals surface area contributed by atoms with Crippen molar-refractivity contribution in [2.24, 2.45) is 11.7 Å². The van der Waals surface area contributed by atoms with E-state index in [1.807, 2.05) is 0 Å². The maximum atomic E-state index is 5.75. The molecule has 3 N–H and O–H groups in total. The third-order valence-corrected chi connectivity index (χ3v) is 3.73. The summed E-state index contributed by atoms with van der Waals surface area (Å²) in [7, 11) is 0. The minimum absolute atomic E-state index is 0.670. The minimum Gasteiger partial charge on any atom is -0.330 e. The summed E-state index contributed by atoms with van der Waals surface area (Å²) < 4.78 is 0. The smallest absolute Gasteiger partial charge is 0.0688 e. The third kappa shape index (κ3) is 2.89. The molecule has 1 saturated carbocycles. The fourth-order valence-electron chi connectivity index (χ4n) is 2.95. The van der Waals surface area contributed by atoms with Gasteiger partial charge in [0.05, 0.1) is 5.69 Å². The van der Waals surface area contributed by atoms with Crippen LogP contribution in [-0.2, 0) is 12.8 Å². The quantitative estimate of drug-likeness (QED) is 0.824. The maximum Gasteiger partial charge on any atom is 0.0688 e. The number of hydrogen-bond acceptors (Lipinski definition) is 2. The van der Waals surface area contributed by atoms with Gasteiger partial charge in [0.15, 0.2) is 0 Å². The van der Waals surface area contributed by atoms with Crippen LogP contribution in [0.1, 0.15) is 62.4 Å². The molecule has 2 rings (SSSR count). The lowest BCUT2D eigenvalue weighted by Crippen LogP contribution is -2.08. The fourth-order valence-corrected chi connectivity index (χ4v) is 2.95. The number of aromatic nitrogens is 2. The Morgan fingerprint density at radius 3 is 2.65 bits per heavy atom. The lowest BCUT2D eigenvalue weighted by atomic mass is 9.94. The Labute approximate surface area is 104 Å². The van der Waals surface area contributed by atoms with Crippen LogP contribution in [0, 0.1) is 5.92 Å². The number of nitrogens with one attached hydrogen (secondary N) is 1. The molecule has 1 aliphatic carbocycles. The van der Waals surface area contributed by atoms with Crippen LogP contribution in [0.15, 0.2) is 0 Å². The molecule has 1 aliphatic rings. The second kappa shape index (κ2) is 5.67. The van der Waals surface area contributed by atoms with Gasteiger partial charge in [0, 0.05) is 11.6 Å². The first kappa shape index (κ1) is 12.6. The van der Waals surface area contributed by atoms with E-state index < -0.39 is 0 Å². The Kier molecular flexibility index (Phi) is 4.21. The molecule has 1 fully saturated rings. The van der Waals surface area contributed by atoms with E-state index in [1.165, 1.54) is 42.6 Å². The number of aromatic amines is 1. The molecule has 0 radical (unpaired) electrons. The molecule has 0 saturated heterocycles. The third-order valence-electron chi connectivity index (χ3n) is 3.73. The van der Waals surface area contributed by atoms with Gasteiger partial charge in [-0.15, -0.1) is 0 Å². The average Bonchev–Trinajstić information content (AvgIpc) is 2.88. The lowest BCUT2D eigenvalue weighted by molar-refractivity contribution is 0.629.